The molecule has 1 atom stereocenters. The van der Waals surface area contributed by atoms with Crippen LogP contribution in [0.2, 0.25) is 0 Å². The molecule has 0 amide bonds. The molecule has 0 aromatic heterocycles. The van der Waals surface area contributed by atoms with Gasteiger partial charge in [0, 0.05) is 19.3 Å². The van der Waals surface area contributed by atoms with Gasteiger partial charge >= 0.3 is 17.9 Å². The zero-order valence-electron chi connectivity index (χ0n) is 44.7. The third-order valence-corrected chi connectivity index (χ3v) is 11.3. The Labute approximate surface area is 429 Å². The van der Waals surface area contributed by atoms with Gasteiger partial charge in [-0.05, 0) is 103 Å². The summed E-state index contributed by atoms with van der Waals surface area (Å²) >= 11 is 0. The summed E-state index contributed by atoms with van der Waals surface area (Å²) in [7, 11) is 0. The third-order valence-electron chi connectivity index (χ3n) is 11.3. The normalized spacial score (nSPS) is 13.2. The fourth-order valence-corrected chi connectivity index (χ4v) is 7.12. The quantitative estimate of drug-likeness (QED) is 0.0199. The van der Waals surface area contributed by atoms with Crippen molar-refractivity contribution < 1.29 is 28.6 Å². The van der Waals surface area contributed by atoms with Crippen LogP contribution in [-0.2, 0) is 28.6 Å². The number of esters is 3. The summed E-state index contributed by atoms with van der Waals surface area (Å²) in [5, 5.41) is 0. The lowest BCUT2D eigenvalue weighted by molar-refractivity contribution is -0.167. The number of ether oxygens (including phenoxy) is 3. The van der Waals surface area contributed by atoms with E-state index in [0.29, 0.717) is 19.3 Å². The van der Waals surface area contributed by atoms with Crippen LogP contribution < -0.4 is 0 Å². The van der Waals surface area contributed by atoms with Crippen molar-refractivity contribution in [1.82, 2.24) is 0 Å². The number of rotatable bonds is 48. The molecule has 0 aliphatic heterocycles. The maximum Gasteiger partial charge on any atom is 0.306 e. The SMILES string of the molecule is CC\C=C/C=C\C=C/C=C\C=C\C=C/C=C\CCCCCC(=O)OCC(COC(=O)CCCCC/C=C\C/C=C\C/C=C\C/C=C\CC)OC(=O)CCCCCCCCC/C=C\CCCCCCCC. The lowest BCUT2D eigenvalue weighted by atomic mass is 10.1. The zero-order valence-corrected chi connectivity index (χ0v) is 44.7. The van der Waals surface area contributed by atoms with Gasteiger partial charge in [-0.3, -0.25) is 14.4 Å². The lowest BCUT2D eigenvalue weighted by Gasteiger charge is -2.18. The van der Waals surface area contributed by atoms with Gasteiger partial charge in [-0.25, -0.2) is 0 Å². The molecule has 6 nitrogen and oxygen atoms in total. The molecule has 0 aromatic rings. The number of allylic oxidation sites excluding steroid dienone is 24. The average Bonchev–Trinajstić information content (AvgIpc) is 3.36. The molecule has 1 unspecified atom stereocenters. The Morgan fingerprint density at radius 3 is 1.07 bits per heavy atom. The van der Waals surface area contributed by atoms with Gasteiger partial charge in [0.15, 0.2) is 6.10 Å². The van der Waals surface area contributed by atoms with Gasteiger partial charge in [-0.15, -0.1) is 0 Å². The molecule has 6 heteroatoms. The van der Waals surface area contributed by atoms with Crippen LogP contribution in [0.25, 0.3) is 0 Å². The predicted molar refractivity (Wildman–Crippen MR) is 302 cm³/mol. The second-order valence-corrected chi connectivity index (χ2v) is 17.9. The van der Waals surface area contributed by atoms with Gasteiger partial charge < -0.3 is 14.2 Å². The van der Waals surface area contributed by atoms with Crippen LogP contribution >= 0.6 is 0 Å². The second kappa shape index (κ2) is 56.9. The van der Waals surface area contributed by atoms with E-state index < -0.39 is 6.10 Å². The van der Waals surface area contributed by atoms with E-state index >= 15 is 0 Å². The maximum atomic E-state index is 12.9. The molecule has 0 spiro atoms. The Bertz CT molecular complexity index is 1580. The summed E-state index contributed by atoms with van der Waals surface area (Å²) in [5.74, 6) is -1.00. The number of hydrogen-bond donors (Lipinski definition) is 0. The lowest BCUT2D eigenvalue weighted by Crippen LogP contribution is -2.30. The largest absolute Gasteiger partial charge is 0.462 e. The van der Waals surface area contributed by atoms with Crippen LogP contribution in [-0.4, -0.2) is 37.2 Å². The summed E-state index contributed by atoms with van der Waals surface area (Å²) in [6.07, 6.45) is 81.1. The molecule has 0 N–H and O–H groups in total. The molecule has 0 rings (SSSR count). The van der Waals surface area contributed by atoms with Crippen molar-refractivity contribution in [3.05, 3.63) is 146 Å². The van der Waals surface area contributed by atoms with Crippen LogP contribution in [0.5, 0.6) is 0 Å². The van der Waals surface area contributed by atoms with Crippen molar-refractivity contribution >= 4 is 17.9 Å². The first-order chi connectivity index (χ1) is 34.5. The van der Waals surface area contributed by atoms with Crippen molar-refractivity contribution in [2.24, 2.45) is 0 Å². The van der Waals surface area contributed by atoms with Crippen LogP contribution in [0, 0.1) is 0 Å². The van der Waals surface area contributed by atoms with E-state index in [2.05, 4.69) is 93.7 Å². The topological polar surface area (TPSA) is 78.9 Å². The van der Waals surface area contributed by atoms with Gasteiger partial charge in [0.05, 0.1) is 0 Å². The minimum absolute atomic E-state index is 0.117. The molecule has 0 saturated heterocycles. The summed E-state index contributed by atoms with van der Waals surface area (Å²) in [4.78, 5) is 38.1. The minimum Gasteiger partial charge on any atom is -0.462 e. The highest BCUT2D eigenvalue weighted by atomic mass is 16.6. The van der Waals surface area contributed by atoms with Gasteiger partial charge in [0.1, 0.15) is 13.2 Å². The highest BCUT2D eigenvalue weighted by Gasteiger charge is 2.19. The van der Waals surface area contributed by atoms with Crippen molar-refractivity contribution in [3.63, 3.8) is 0 Å². The number of carbonyl (C=O) groups excluding carboxylic acids is 3. The molecule has 0 fully saturated rings. The van der Waals surface area contributed by atoms with Crippen LogP contribution in [0.4, 0.5) is 0 Å². The van der Waals surface area contributed by atoms with Crippen molar-refractivity contribution in [1.29, 1.82) is 0 Å². The molecule has 392 valence electrons. The Morgan fingerprint density at radius 1 is 0.314 bits per heavy atom. The summed E-state index contributed by atoms with van der Waals surface area (Å²) in [6.45, 7) is 6.29. The summed E-state index contributed by atoms with van der Waals surface area (Å²) < 4.78 is 16.8. The minimum atomic E-state index is -0.820. The van der Waals surface area contributed by atoms with Crippen LogP contribution in [0.15, 0.2) is 146 Å². The van der Waals surface area contributed by atoms with E-state index in [1.807, 2.05) is 72.9 Å². The maximum absolute atomic E-state index is 12.9. The van der Waals surface area contributed by atoms with Crippen LogP contribution in [0.1, 0.15) is 220 Å². The highest BCUT2D eigenvalue weighted by molar-refractivity contribution is 5.71. The summed E-state index contributed by atoms with van der Waals surface area (Å²) in [6, 6.07) is 0. The van der Waals surface area contributed by atoms with Crippen molar-refractivity contribution in [2.45, 2.75) is 226 Å². The molecule has 0 saturated carbocycles. The van der Waals surface area contributed by atoms with Gasteiger partial charge in [-0.2, -0.15) is 0 Å². The third kappa shape index (κ3) is 54.2. The van der Waals surface area contributed by atoms with Gasteiger partial charge in [0.2, 0.25) is 0 Å². The molecule has 0 aliphatic rings. The first-order valence-electron chi connectivity index (χ1n) is 27.9. The van der Waals surface area contributed by atoms with Crippen molar-refractivity contribution in [2.75, 3.05) is 13.2 Å². The Kier molecular flexibility index (Phi) is 53.0. The van der Waals surface area contributed by atoms with E-state index in [9.17, 15) is 14.4 Å². The Balaban J connectivity index is 4.58. The Hall–Kier alpha value is -4.71. The fourth-order valence-electron chi connectivity index (χ4n) is 7.12. The molecular formula is C64H100O6. The molecule has 0 bridgehead atoms. The zero-order chi connectivity index (χ0) is 50.7. The standard InChI is InChI=1S/C64H100O6/c1-4-7-10-13-16-19-22-25-28-31-32-34-36-39-42-45-48-51-54-57-63(66)69-60-61(59-68-62(65)56-53-50-47-44-41-38-35-30-27-24-21-18-15-12-9-6-3)70-64(67)58-55-52-49-46-43-40-37-33-29-26-23-20-17-14-11-8-5-2/h7,9-10,12-13,16,18-19,21-22,25-32,34,36,38-39,41-42,61H,4-6,8,11,14-15,17,20,23-24,33,35,37,40,43-60H2,1-3H3/b10-7-,12-9-,16-13-,21-18-,22-19-,28-25-,29-26-,30-27-,32-31+,36-34-,41-38-,42-39-. The molecule has 0 radical (unpaired) electrons. The molecule has 0 heterocycles. The smallest absolute Gasteiger partial charge is 0.306 e. The van der Waals surface area contributed by atoms with E-state index in [1.165, 1.54) is 77.0 Å². The first-order valence-corrected chi connectivity index (χ1v) is 27.9. The molecule has 0 aliphatic carbocycles. The number of hydrogen-bond acceptors (Lipinski definition) is 6. The van der Waals surface area contributed by atoms with Crippen molar-refractivity contribution in [3.8, 4) is 0 Å². The first kappa shape index (κ1) is 65.3. The van der Waals surface area contributed by atoms with E-state index in [-0.39, 0.29) is 31.1 Å². The highest BCUT2D eigenvalue weighted by Crippen LogP contribution is 2.13. The molecular weight excluding hydrogens is 865 g/mol. The van der Waals surface area contributed by atoms with E-state index in [4.69, 9.17) is 14.2 Å². The predicted octanol–water partition coefficient (Wildman–Crippen LogP) is 18.8. The Morgan fingerprint density at radius 2 is 0.629 bits per heavy atom. The summed E-state index contributed by atoms with van der Waals surface area (Å²) in [5.41, 5.74) is 0. The van der Waals surface area contributed by atoms with E-state index in [0.717, 1.165) is 103 Å². The fraction of sp³-hybridized carbons (Fsp3) is 0.578. The van der Waals surface area contributed by atoms with E-state index in [1.54, 1.807) is 0 Å². The monoisotopic (exact) mass is 965 g/mol. The average molecular weight is 965 g/mol. The van der Waals surface area contributed by atoms with Crippen LogP contribution in [0.3, 0.4) is 0 Å². The molecule has 70 heavy (non-hydrogen) atoms. The number of unbranched alkanes of at least 4 members (excludes halogenated alkanes) is 19. The van der Waals surface area contributed by atoms with Gasteiger partial charge in [0.25, 0.3) is 0 Å². The van der Waals surface area contributed by atoms with Gasteiger partial charge in [-0.1, -0.05) is 244 Å². The number of carbonyl (C=O) groups is 3. The molecule has 0 aromatic carbocycles. The second-order valence-electron chi connectivity index (χ2n) is 17.9.